The van der Waals surface area contributed by atoms with Gasteiger partial charge >= 0.3 is 0 Å². The fraction of sp³-hybridized carbons (Fsp3) is 0.467. The SMILES string of the molecule is CC(O)CC(C)(C)CNC(=O)C=Cc1cccnc1. The largest absolute Gasteiger partial charge is 0.393 e. The van der Waals surface area contributed by atoms with E-state index in [1.165, 1.54) is 6.08 Å². The van der Waals surface area contributed by atoms with Gasteiger partial charge in [-0.3, -0.25) is 9.78 Å². The van der Waals surface area contributed by atoms with Crippen molar-refractivity contribution in [1.82, 2.24) is 10.3 Å². The third-order valence-corrected chi connectivity index (χ3v) is 2.70. The summed E-state index contributed by atoms with van der Waals surface area (Å²) in [7, 11) is 0. The third kappa shape index (κ3) is 6.72. The maximum absolute atomic E-state index is 11.7. The Morgan fingerprint density at radius 1 is 1.58 bits per heavy atom. The van der Waals surface area contributed by atoms with Crippen LogP contribution in [0.1, 0.15) is 32.8 Å². The highest BCUT2D eigenvalue weighted by Gasteiger charge is 2.20. The van der Waals surface area contributed by atoms with Gasteiger partial charge in [-0.1, -0.05) is 19.9 Å². The Balaban J connectivity index is 2.42. The quantitative estimate of drug-likeness (QED) is 0.771. The van der Waals surface area contributed by atoms with Gasteiger partial charge in [-0.15, -0.1) is 0 Å². The zero-order valence-corrected chi connectivity index (χ0v) is 11.8. The van der Waals surface area contributed by atoms with Gasteiger partial charge in [0.25, 0.3) is 0 Å². The van der Waals surface area contributed by atoms with E-state index in [1.54, 1.807) is 25.4 Å². The van der Waals surface area contributed by atoms with Crippen molar-refractivity contribution in [3.8, 4) is 0 Å². The van der Waals surface area contributed by atoms with Gasteiger partial charge in [-0.05, 0) is 36.5 Å². The van der Waals surface area contributed by atoms with Crippen molar-refractivity contribution in [2.24, 2.45) is 5.41 Å². The van der Waals surface area contributed by atoms with E-state index < -0.39 is 0 Å². The first-order valence-corrected chi connectivity index (χ1v) is 6.43. The number of rotatable bonds is 6. The first-order valence-electron chi connectivity index (χ1n) is 6.43. The van der Waals surface area contributed by atoms with Gasteiger partial charge < -0.3 is 10.4 Å². The fourth-order valence-electron chi connectivity index (χ4n) is 1.90. The van der Waals surface area contributed by atoms with Gasteiger partial charge in [0.1, 0.15) is 0 Å². The number of amides is 1. The zero-order valence-electron chi connectivity index (χ0n) is 11.8. The Morgan fingerprint density at radius 3 is 2.89 bits per heavy atom. The van der Waals surface area contributed by atoms with Crippen LogP contribution in [0.15, 0.2) is 30.6 Å². The second-order valence-electron chi connectivity index (χ2n) is 5.55. The van der Waals surface area contributed by atoms with Crippen LogP contribution in [-0.2, 0) is 4.79 Å². The van der Waals surface area contributed by atoms with Crippen molar-refractivity contribution >= 4 is 12.0 Å². The van der Waals surface area contributed by atoms with Gasteiger partial charge in [-0.25, -0.2) is 0 Å². The fourth-order valence-corrected chi connectivity index (χ4v) is 1.90. The highest BCUT2D eigenvalue weighted by atomic mass is 16.3. The molecule has 0 aromatic carbocycles. The van der Waals surface area contributed by atoms with E-state index >= 15 is 0 Å². The first kappa shape index (κ1) is 15.4. The van der Waals surface area contributed by atoms with Gasteiger partial charge in [-0.2, -0.15) is 0 Å². The molecule has 0 aliphatic carbocycles. The molecular weight excluding hydrogens is 240 g/mol. The van der Waals surface area contributed by atoms with Crippen LogP contribution >= 0.6 is 0 Å². The number of carbonyl (C=O) groups excluding carboxylic acids is 1. The van der Waals surface area contributed by atoms with Crippen molar-refractivity contribution in [2.45, 2.75) is 33.3 Å². The minimum Gasteiger partial charge on any atom is -0.393 e. The van der Waals surface area contributed by atoms with E-state index in [-0.39, 0.29) is 17.4 Å². The molecule has 1 atom stereocenters. The number of aromatic nitrogens is 1. The predicted molar refractivity (Wildman–Crippen MR) is 76.4 cm³/mol. The van der Waals surface area contributed by atoms with Crippen LogP contribution in [0.2, 0.25) is 0 Å². The van der Waals surface area contributed by atoms with Gasteiger partial charge in [0.2, 0.25) is 5.91 Å². The van der Waals surface area contributed by atoms with Crippen molar-refractivity contribution < 1.29 is 9.90 Å². The lowest BCUT2D eigenvalue weighted by Crippen LogP contribution is -2.34. The molecule has 1 unspecified atom stereocenters. The standard InChI is InChI=1S/C15H22N2O2/c1-12(18)9-15(2,3)11-17-14(19)7-6-13-5-4-8-16-10-13/h4-8,10,12,18H,9,11H2,1-3H3,(H,17,19). The lowest BCUT2D eigenvalue weighted by molar-refractivity contribution is -0.117. The van der Waals surface area contributed by atoms with Crippen molar-refractivity contribution in [2.75, 3.05) is 6.54 Å². The summed E-state index contributed by atoms with van der Waals surface area (Å²) in [6.45, 7) is 6.33. The Kier molecular flexibility index (Phi) is 5.70. The second-order valence-corrected chi connectivity index (χ2v) is 5.55. The molecule has 1 heterocycles. The van der Waals surface area contributed by atoms with Crippen molar-refractivity contribution in [3.63, 3.8) is 0 Å². The molecule has 1 aromatic rings. The molecule has 1 aromatic heterocycles. The summed E-state index contributed by atoms with van der Waals surface area (Å²) >= 11 is 0. The average Bonchev–Trinajstić information content (AvgIpc) is 2.34. The molecule has 0 spiro atoms. The summed E-state index contributed by atoms with van der Waals surface area (Å²) in [6, 6.07) is 3.71. The summed E-state index contributed by atoms with van der Waals surface area (Å²) in [5.74, 6) is -0.137. The van der Waals surface area contributed by atoms with E-state index in [0.717, 1.165) is 5.56 Å². The molecule has 19 heavy (non-hydrogen) atoms. The van der Waals surface area contributed by atoms with Crippen molar-refractivity contribution in [1.29, 1.82) is 0 Å². The van der Waals surface area contributed by atoms with E-state index in [9.17, 15) is 9.90 Å². The lowest BCUT2D eigenvalue weighted by atomic mass is 9.87. The smallest absolute Gasteiger partial charge is 0.244 e. The number of aliphatic hydroxyl groups excluding tert-OH is 1. The van der Waals surface area contributed by atoms with Crippen LogP contribution in [0.25, 0.3) is 6.08 Å². The molecule has 1 rings (SSSR count). The molecule has 0 aliphatic heterocycles. The number of nitrogens with one attached hydrogen (secondary N) is 1. The highest BCUT2D eigenvalue weighted by molar-refractivity contribution is 5.91. The molecule has 0 aliphatic rings. The molecular formula is C15H22N2O2. The van der Waals surface area contributed by atoms with Crippen LogP contribution in [0, 0.1) is 5.41 Å². The number of hydrogen-bond acceptors (Lipinski definition) is 3. The Bertz CT molecular complexity index is 425. The number of carbonyl (C=O) groups is 1. The van der Waals surface area contributed by atoms with Crippen LogP contribution < -0.4 is 5.32 Å². The Labute approximate surface area is 114 Å². The summed E-state index contributed by atoms with van der Waals surface area (Å²) in [4.78, 5) is 15.6. The summed E-state index contributed by atoms with van der Waals surface area (Å²) < 4.78 is 0. The van der Waals surface area contributed by atoms with E-state index in [1.807, 2.05) is 26.0 Å². The first-order chi connectivity index (χ1) is 8.89. The third-order valence-electron chi connectivity index (χ3n) is 2.70. The summed E-state index contributed by atoms with van der Waals surface area (Å²) in [6.07, 6.45) is 6.90. The van der Waals surface area contributed by atoms with Gasteiger partial charge in [0, 0.05) is 25.0 Å². The van der Waals surface area contributed by atoms with Crippen LogP contribution in [0.3, 0.4) is 0 Å². The van der Waals surface area contributed by atoms with Crippen LogP contribution in [0.5, 0.6) is 0 Å². The lowest BCUT2D eigenvalue weighted by Gasteiger charge is -2.26. The van der Waals surface area contributed by atoms with Crippen LogP contribution in [0.4, 0.5) is 0 Å². The van der Waals surface area contributed by atoms with Gasteiger partial charge in [0.15, 0.2) is 0 Å². The highest BCUT2D eigenvalue weighted by Crippen LogP contribution is 2.20. The Morgan fingerprint density at radius 2 is 2.32 bits per heavy atom. The predicted octanol–water partition coefficient (Wildman–Crippen LogP) is 2.01. The maximum Gasteiger partial charge on any atom is 0.244 e. The topological polar surface area (TPSA) is 62.2 Å². The minimum atomic E-state index is -0.363. The summed E-state index contributed by atoms with van der Waals surface area (Å²) in [5, 5.41) is 12.2. The average molecular weight is 262 g/mol. The second kappa shape index (κ2) is 7.04. The molecule has 0 fully saturated rings. The molecule has 4 heteroatoms. The number of nitrogens with zero attached hydrogens (tertiary/aromatic N) is 1. The zero-order chi connectivity index (χ0) is 14.3. The molecule has 4 nitrogen and oxygen atoms in total. The molecule has 0 radical (unpaired) electrons. The number of hydrogen-bond donors (Lipinski definition) is 2. The molecule has 0 saturated heterocycles. The van der Waals surface area contributed by atoms with E-state index in [0.29, 0.717) is 13.0 Å². The number of aliphatic hydroxyl groups is 1. The summed E-state index contributed by atoms with van der Waals surface area (Å²) in [5.41, 5.74) is 0.771. The molecule has 0 saturated carbocycles. The van der Waals surface area contributed by atoms with Crippen LogP contribution in [-0.4, -0.2) is 28.6 Å². The molecule has 0 bridgehead atoms. The normalized spacial score (nSPS) is 13.5. The molecule has 1 amide bonds. The Hall–Kier alpha value is -1.68. The van der Waals surface area contributed by atoms with Crippen molar-refractivity contribution in [3.05, 3.63) is 36.2 Å². The van der Waals surface area contributed by atoms with E-state index in [4.69, 9.17) is 0 Å². The monoisotopic (exact) mass is 262 g/mol. The number of pyridine rings is 1. The maximum atomic E-state index is 11.7. The minimum absolute atomic E-state index is 0.119. The molecule has 2 N–H and O–H groups in total. The molecule has 104 valence electrons. The van der Waals surface area contributed by atoms with E-state index in [2.05, 4.69) is 10.3 Å². The van der Waals surface area contributed by atoms with Gasteiger partial charge in [0.05, 0.1) is 6.10 Å².